The van der Waals surface area contributed by atoms with E-state index in [-0.39, 0.29) is 5.91 Å². The molecule has 1 aromatic heterocycles. The van der Waals surface area contributed by atoms with Crippen molar-refractivity contribution in [3.63, 3.8) is 0 Å². The molecule has 2 aromatic rings. The summed E-state index contributed by atoms with van der Waals surface area (Å²) < 4.78 is 1.09. The molecular weight excluding hydrogens is 336 g/mol. The van der Waals surface area contributed by atoms with E-state index in [0.717, 1.165) is 20.7 Å². The van der Waals surface area contributed by atoms with Crippen LogP contribution in [0.3, 0.4) is 0 Å². The van der Waals surface area contributed by atoms with Crippen LogP contribution in [-0.4, -0.2) is 5.91 Å². The van der Waals surface area contributed by atoms with Crippen LogP contribution < -0.4 is 10.6 Å². The second-order valence-electron chi connectivity index (χ2n) is 4.71. The Morgan fingerprint density at radius 2 is 1.95 bits per heavy atom. The first-order valence-corrected chi connectivity index (χ1v) is 7.99. The zero-order chi connectivity index (χ0) is 14.7. The van der Waals surface area contributed by atoms with Crippen molar-refractivity contribution in [1.82, 2.24) is 0 Å². The highest BCUT2D eigenvalue weighted by molar-refractivity contribution is 9.10. The molecule has 0 unspecified atom stereocenters. The first kappa shape index (κ1) is 15.1. The maximum Gasteiger partial charge on any atom is 0.221 e. The van der Waals surface area contributed by atoms with Crippen LogP contribution in [0.25, 0.3) is 0 Å². The number of anilines is 2. The molecule has 1 heterocycles. The lowest BCUT2D eigenvalue weighted by Crippen LogP contribution is -2.08. The molecular formula is C15H17BrN2OS. The Labute approximate surface area is 131 Å². The van der Waals surface area contributed by atoms with Gasteiger partial charge in [0.1, 0.15) is 0 Å². The van der Waals surface area contributed by atoms with E-state index in [1.165, 1.54) is 18.1 Å². The predicted octanol–water partition coefficient (Wildman–Crippen LogP) is 4.70. The van der Waals surface area contributed by atoms with Crippen molar-refractivity contribution in [2.24, 2.45) is 0 Å². The van der Waals surface area contributed by atoms with Crippen LogP contribution in [0.15, 0.2) is 28.1 Å². The van der Waals surface area contributed by atoms with Gasteiger partial charge < -0.3 is 10.6 Å². The molecule has 1 amide bonds. The number of aryl methyl sites for hydroxylation is 2. The lowest BCUT2D eigenvalue weighted by Gasteiger charge is -2.13. The third kappa shape index (κ3) is 3.61. The van der Waals surface area contributed by atoms with Gasteiger partial charge in [-0.25, -0.2) is 0 Å². The summed E-state index contributed by atoms with van der Waals surface area (Å²) in [5.41, 5.74) is 4.45. The van der Waals surface area contributed by atoms with Crippen LogP contribution in [0.1, 0.15) is 22.9 Å². The summed E-state index contributed by atoms with van der Waals surface area (Å²) in [7, 11) is 0. The van der Waals surface area contributed by atoms with Crippen molar-refractivity contribution < 1.29 is 4.79 Å². The Morgan fingerprint density at radius 1 is 1.30 bits per heavy atom. The molecule has 106 valence electrons. The van der Waals surface area contributed by atoms with E-state index in [2.05, 4.69) is 52.5 Å². The Bertz CT molecular complexity index is 614. The molecule has 0 aliphatic rings. The third-order valence-corrected chi connectivity index (χ3v) is 4.36. The third-order valence-electron chi connectivity index (χ3n) is 2.98. The lowest BCUT2D eigenvalue weighted by atomic mass is 10.1. The van der Waals surface area contributed by atoms with Gasteiger partial charge in [0.15, 0.2) is 0 Å². The molecule has 0 radical (unpaired) electrons. The van der Waals surface area contributed by atoms with Crippen molar-refractivity contribution in [2.75, 3.05) is 10.6 Å². The highest BCUT2D eigenvalue weighted by atomic mass is 79.9. The van der Waals surface area contributed by atoms with Crippen LogP contribution in [0.5, 0.6) is 0 Å². The van der Waals surface area contributed by atoms with Crippen molar-refractivity contribution in [1.29, 1.82) is 0 Å². The van der Waals surface area contributed by atoms with Gasteiger partial charge in [-0.2, -0.15) is 0 Å². The lowest BCUT2D eigenvalue weighted by molar-refractivity contribution is -0.114. The number of carbonyl (C=O) groups is 1. The van der Waals surface area contributed by atoms with Crippen molar-refractivity contribution in [2.45, 2.75) is 27.3 Å². The summed E-state index contributed by atoms with van der Waals surface area (Å²) in [6, 6.07) is 6.13. The molecule has 0 fully saturated rings. The van der Waals surface area contributed by atoms with E-state index in [4.69, 9.17) is 0 Å². The number of rotatable bonds is 4. The van der Waals surface area contributed by atoms with E-state index in [9.17, 15) is 4.79 Å². The van der Waals surface area contributed by atoms with E-state index < -0.39 is 0 Å². The zero-order valence-corrected chi connectivity index (χ0v) is 14.1. The number of amides is 1. The molecule has 0 aliphatic heterocycles. The van der Waals surface area contributed by atoms with Crippen LogP contribution in [-0.2, 0) is 11.3 Å². The van der Waals surface area contributed by atoms with Crippen LogP contribution in [0, 0.1) is 13.8 Å². The summed E-state index contributed by atoms with van der Waals surface area (Å²) in [5.74, 6) is -0.0411. The molecule has 0 saturated carbocycles. The SMILES string of the molecule is CC(=O)Nc1ccsc1CNc1c(C)cc(Br)cc1C. The van der Waals surface area contributed by atoms with Crippen LogP contribution >= 0.6 is 27.3 Å². The maximum absolute atomic E-state index is 11.2. The zero-order valence-electron chi connectivity index (χ0n) is 11.7. The van der Waals surface area contributed by atoms with Gasteiger partial charge in [-0.1, -0.05) is 15.9 Å². The molecule has 0 spiro atoms. The van der Waals surface area contributed by atoms with E-state index in [0.29, 0.717) is 6.54 Å². The van der Waals surface area contributed by atoms with E-state index >= 15 is 0 Å². The number of thiophene rings is 1. The van der Waals surface area contributed by atoms with Crippen LogP contribution in [0.4, 0.5) is 11.4 Å². The summed E-state index contributed by atoms with van der Waals surface area (Å²) in [5, 5.41) is 8.30. The largest absolute Gasteiger partial charge is 0.380 e. The van der Waals surface area contributed by atoms with Gasteiger partial charge in [0, 0.05) is 22.0 Å². The molecule has 1 aromatic carbocycles. The number of hydrogen-bond acceptors (Lipinski definition) is 3. The fourth-order valence-electron chi connectivity index (χ4n) is 2.14. The minimum Gasteiger partial charge on any atom is -0.380 e. The summed E-state index contributed by atoms with van der Waals surface area (Å²) in [6.45, 7) is 6.40. The fraction of sp³-hybridized carbons (Fsp3) is 0.267. The molecule has 2 rings (SSSR count). The number of nitrogens with one attached hydrogen (secondary N) is 2. The highest BCUT2D eigenvalue weighted by Gasteiger charge is 2.08. The molecule has 5 heteroatoms. The minimum absolute atomic E-state index is 0.0411. The molecule has 3 nitrogen and oxygen atoms in total. The Balaban J connectivity index is 2.13. The molecule has 20 heavy (non-hydrogen) atoms. The van der Waals surface area contributed by atoms with E-state index in [1.807, 2.05) is 11.4 Å². The smallest absolute Gasteiger partial charge is 0.221 e. The van der Waals surface area contributed by atoms with Crippen molar-refractivity contribution in [3.05, 3.63) is 44.1 Å². The number of hydrogen-bond donors (Lipinski definition) is 2. The average molecular weight is 353 g/mol. The maximum atomic E-state index is 11.2. The predicted molar refractivity (Wildman–Crippen MR) is 89.6 cm³/mol. The van der Waals surface area contributed by atoms with Gasteiger partial charge in [0.05, 0.1) is 12.2 Å². The topological polar surface area (TPSA) is 41.1 Å². The van der Waals surface area contributed by atoms with E-state index in [1.54, 1.807) is 11.3 Å². The summed E-state index contributed by atoms with van der Waals surface area (Å²) >= 11 is 5.14. The van der Waals surface area contributed by atoms with Gasteiger partial charge in [-0.3, -0.25) is 4.79 Å². The Hall–Kier alpha value is -1.33. The standard InChI is InChI=1S/C15H17BrN2OS/c1-9-6-12(16)7-10(2)15(9)17-8-14-13(4-5-20-14)18-11(3)19/h4-7,17H,8H2,1-3H3,(H,18,19). The molecule has 2 N–H and O–H groups in total. The van der Waals surface area contributed by atoms with Crippen molar-refractivity contribution >= 4 is 44.5 Å². The fourth-order valence-corrected chi connectivity index (χ4v) is 3.59. The normalized spacial score (nSPS) is 10.4. The number of carbonyl (C=O) groups excluding carboxylic acids is 1. The second-order valence-corrected chi connectivity index (χ2v) is 6.62. The van der Waals surface area contributed by atoms with Gasteiger partial charge in [-0.15, -0.1) is 11.3 Å². The average Bonchev–Trinajstić information content (AvgIpc) is 2.74. The molecule has 0 saturated heterocycles. The Morgan fingerprint density at radius 3 is 2.55 bits per heavy atom. The monoisotopic (exact) mass is 352 g/mol. The summed E-state index contributed by atoms with van der Waals surface area (Å²) in [6.07, 6.45) is 0. The molecule has 0 bridgehead atoms. The first-order valence-electron chi connectivity index (χ1n) is 6.32. The Kier molecular flexibility index (Phi) is 4.83. The van der Waals surface area contributed by atoms with Gasteiger partial charge in [0.25, 0.3) is 0 Å². The van der Waals surface area contributed by atoms with Gasteiger partial charge >= 0.3 is 0 Å². The van der Waals surface area contributed by atoms with Gasteiger partial charge in [-0.05, 0) is 48.6 Å². The quantitative estimate of drug-likeness (QED) is 0.837. The number of halogens is 1. The highest BCUT2D eigenvalue weighted by Crippen LogP contribution is 2.28. The summed E-state index contributed by atoms with van der Waals surface area (Å²) in [4.78, 5) is 12.3. The van der Waals surface area contributed by atoms with Crippen LogP contribution in [0.2, 0.25) is 0 Å². The van der Waals surface area contributed by atoms with Crippen molar-refractivity contribution in [3.8, 4) is 0 Å². The molecule has 0 atom stereocenters. The molecule has 0 aliphatic carbocycles. The van der Waals surface area contributed by atoms with Gasteiger partial charge in [0.2, 0.25) is 5.91 Å². The second kappa shape index (κ2) is 6.41. The first-order chi connectivity index (χ1) is 9.47. The number of benzene rings is 1. The minimum atomic E-state index is -0.0411.